The molecule has 0 spiro atoms. The Morgan fingerprint density at radius 3 is 2.79 bits per heavy atom. The maximum absolute atomic E-state index is 13.3. The lowest BCUT2D eigenvalue weighted by Crippen LogP contribution is -2.20. The van der Waals surface area contributed by atoms with Crippen LogP contribution in [0.1, 0.15) is 10.4 Å². The highest BCUT2D eigenvalue weighted by Crippen LogP contribution is 2.17. The summed E-state index contributed by atoms with van der Waals surface area (Å²) in [7, 11) is 0. The van der Waals surface area contributed by atoms with Crippen molar-refractivity contribution in [3.05, 3.63) is 39.0 Å². The number of aliphatic hydroxyl groups excluding tert-OH is 1. The molecule has 0 aliphatic carbocycles. The Kier molecular flexibility index (Phi) is 3.50. The van der Waals surface area contributed by atoms with Gasteiger partial charge >= 0.3 is 5.97 Å². The first-order valence-corrected chi connectivity index (χ1v) is 5.57. The van der Waals surface area contributed by atoms with Crippen molar-refractivity contribution < 1.29 is 19.4 Å². The molecule has 0 aliphatic rings. The number of carboxylic acid groups (broad SMARTS) is 1. The second-order valence-electron chi connectivity index (χ2n) is 3.73. The summed E-state index contributed by atoms with van der Waals surface area (Å²) in [6.45, 7) is -0.292. The number of halogens is 2. The molecule has 8 heteroatoms. The van der Waals surface area contributed by atoms with Crippen LogP contribution in [0, 0.1) is 5.82 Å². The lowest BCUT2D eigenvalue weighted by molar-refractivity contribution is 0.0694. The van der Waals surface area contributed by atoms with Gasteiger partial charge in [0.1, 0.15) is 11.2 Å². The predicted molar refractivity (Wildman–Crippen MR) is 65.0 cm³/mol. The summed E-state index contributed by atoms with van der Waals surface area (Å²) in [6.07, 6.45) is 1.05. The molecule has 0 unspecified atom stereocenters. The van der Waals surface area contributed by atoms with Crippen LogP contribution in [-0.4, -0.2) is 32.3 Å². The second-order valence-corrected chi connectivity index (χ2v) is 4.08. The first kappa shape index (κ1) is 13.4. The predicted octanol–water partition coefficient (Wildman–Crippen LogP) is 0.879. The maximum Gasteiger partial charge on any atom is 0.341 e. The molecule has 0 fully saturated rings. The van der Waals surface area contributed by atoms with Crippen molar-refractivity contribution in [2.75, 3.05) is 6.61 Å². The molecule has 2 aromatic rings. The van der Waals surface area contributed by atoms with Crippen molar-refractivity contribution in [1.29, 1.82) is 0 Å². The molecule has 0 saturated heterocycles. The molecule has 19 heavy (non-hydrogen) atoms. The second kappa shape index (κ2) is 4.94. The smallest absolute Gasteiger partial charge is 0.341 e. The van der Waals surface area contributed by atoms with Gasteiger partial charge in [-0.05, 0) is 6.07 Å². The average molecular weight is 287 g/mol. The highest BCUT2D eigenvalue weighted by atomic mass is 35.5. The number of carboxylic acids is 1. The van der Waals surface area contributed by atoms with Gasteiger partial charge in [0.2, 0.25) is 5.43 Å². The van der Waals surface area contributed by atoms with Gasteiger partial charge in [-0.25, -0.2) is 14.2 Å². The van der Waals surface area contributed by atoms with Crippen molar-refractivity contribution >= 4 is 28.6 Å². The van der Waals surface area contributed by atoms with E-state index < -0.39 is 27.9 Å². The number of aromatic carboxylic acids is 1. The molecule has 0 amide bonds. The summed E-state index contributed by atoms with van der Waals surface area (Å²) in [5.41, 5.74) is -1.35. The number of aromatic nitrogens is 2. The standard InChI is InChI=1S/C11H8ClFN2O4/c12-9-7(13)3-5-8(17)6(11(18)19)4-15(1-2-16)10(5)14-9/h3-4,16H,1-2H2,(H,18,19). The van der Waals surface area contributed by atoms with Gasteiger partial charge in [-0.1, -0.05) is 11.6 Å². The highest BCUT2D eigenvalue weighted by Gasteiger charge is 2.17. The fraction of sp³-hybridized carbons (Fsp3) is 0.182. The molecule has 0 aromatic carbocycles. The van der Waals surface area contributed by atoms with Crippen molar-refractivity contribution in [2.45, 2.75) is 6.54 Å². The maximum atomic E-state index is 13.3. The van der Waals surface area contributed by atoms with Crippen LogP contribution in [-0.2, 0) is 6.54 Å². The van der Waals surface area contributed by atoms with Gasteiger partial charge < -0.3 is 14.8 Å². The molecule has 6 nitrogen and oxygen atoms in total. The number of pyridine rings is 2. The summed E-state index contributed by atoms with van der Waals surface area (Å²) < 4.78 is 14.6. The fourth-order valence-electron chi connectivity index (χ4n) is 1.69. The molecule has 2 heterocycles. The molecule has 2 aromatic heterocycles. The first-order valence-electron chi connectivity index (χ1n) is 5.19. The number of fused-ring (bicyclic) bond motifs is 1. The van der Waals surface area contributed by atoms with Crippen LogP contribution in [0.25, 0.3) is 11.0 Å². The van der Waals surface area contributed by atoms with E-state index in [-0.39, 0.29) is 24.2 Å². The minimum absolute atomic E-state index is 0.00597. The van der Waals surface area contributed by atoms with E-state index >= 15 is 0 Å². The summed E-state index contributed by atoms with van der Waals surface area (Å²) in [5, 5.41) is 17.2. The third kappa shape index (κ3) is 2.29. The molecular formula is C11H8ClFN2O4. The largest absolute Gasteiger partial charge is 0.477 e. The lowest BCUT2D eigenvalue weighted by atomic mass is 10.2. The average Bonchev–Trinajstić information content (AvgIpc) is 2.35. The van der Waals surface area contributed by atoms with Gasteiger partial charge in [0.25, 0.3) is 0 Å². The van der Waals surface area contributed by atoms with Crippen LogP contribution in [0.3, 0.4) is 0 Å². The zero-order valence-electron chi connectivity index (χ0n) is 9.43. The molecular weight excluding hydrogens is 279 g/mol. The van der Waals surface area contributed by atoms with E-state index in [1.165, 1.54) is 4.57 Å². The molecule has 2 N–H and O–H groups in total. The number of carbonyl (C=O) groups is 1. The summed E-state index contributed by atoms with van der Waals surface area (Å²) in [5.74, 6) is -2.35. The Morgan fingerprint density at radius 1 is 1.53 bits per heavy atom. The Morgan fingerprint density at radius 2 is 2.21 bits per heavy atom. The molecule has 2 rings (SSSR count). The zero-order chi connectivity index (χ0) is 14.2. The van der Waals surface area contributed by atoms with Gasteiger partial charge in [0.05, 0.1) is 12.0 Å². The number of rotatable bonds is 3. The van der Waals surface area contributed by atoms with Gasteiger partial charge in [-0.15, -0.1) is 0 Å². The Bertz CT molecular complexity index is 729. The van der Waals surface area contributed by atoms with Crippen molar-refractivity contribution in [2.24, 2.45) is 0 Å². The SMILES string of the molecule is O=C(O)c1cn(CCO)c2nc(Cl)c(F)cc2c1=O. The quantitative estimate of drug-likeness (QED) is 0.817. The van der Waals surface area contributed by atoms with E-state index in [0.717, 1.165) is 12.3 Å². The molecule has 0 radical (unpaired) electrons. The van der Waals surface area contributed by atoms with Crippen LogP contribution >= 0.6 is 11.6 Å². The van der Waals surface area contributed by atoms with Crippen LogP contribution in [0.15, 0.2) is 17.1 Å². The van der Waals surface area contributed by atoms with Gasteiger partial charge in [-0.3, -0.25) is 4.79 Å². The minimum atomic E-state index is -1.44. The number of nitrogens with zero attached hydrogens (tertiary/aromatic N) is 2. The van der Waals surface area contributed by atoms with Crippen molar-refractivity contribution in [1.82, 2.24) is 9.55 Å². The van der Waals surface area contributed by atoms with Crippen molar-refractivity contribution in [3.63, 3.8) is 0 Å². The fourth-order valence-corrected chi connectivity index (χ4v) is 1.83. The summed E-state index contributed by atoms with van der Waals surface area (Å²) in [6, 6.07) is 0.841. The Labute approximate surface area is 110 Å². The normalized spacial score (nSPS) is 10.9. The first-order chi connectivity index (χ1) is 8.95. The van der Waals surface area contributed by atoms with E-state index in [4.69, 9.17) is 21.8 Å². The third-order valence-electron chi connectivity index (χ3n) is 2.53. The number of hydrogen-bond donors (Lipinski definition) is 2. The molecule has 0 atom stereocenters. The van der Waals surface area contributed by atoms with E-state index in [1.54, 1.807) is 0 Å². The summed E-state index contributed by atoms with van der Waals surface area (Å²) in [4.78, 5) is 26.5. The third-order valence-corrected chi connectivity index (χ3v) is 2.80. The molecule has 100 valence electrons. The Hall–Kier alpha value is -1.99. The minimum Gasteiger partial charge on any atom is -0.477 e. The van der Waals surface area contributed by atoms with E-state index in [2.05, 4.69) is 4.98 Å². The van der Waals surface area contributed by atoms with E-state index in [1.807, 2.05) is 0 Å². The van der Waals surface area contributed by atoms with Crippen molar-refractivity contribution in [3.8, 4) is 0 Å². The molecule has 0 saturated carbocycles. The van der Waals surface area contributed by atoms with Crippen LogP contribution in [0.2, 0.25) is 5.15 Å². The molecule has 0 aliphatic heterocycles. The van der Waals surface area contributed by atoms with E-state index in [0.29, 0.717) is 0 Å². The van der Waals surface area contributed by atoms with E-state index in [9.17, 15) is 14.0 Å². The zero-order valence-corrected chi connectivity index (χ0v) is 10.2. The van der Waals surface area contributed by atoms with Gasteiger partial charge in [-0.2, -0.15) is 0 Å². The number of aliphatic hydroxyl groups is 1. The van der Waals surface area contributed by atoms with Gasteiger partial charge in [0.15, 0.2) is 11.0 Å². The van der Waals surface area contributed by atoms with Crippen LogP contribution < -0.4 is 5.43 Å². The molecule has 0 bridgehead atoms. The lowest BCUT2D eigenvalue weighted by Gasteiger charge is -2.10. The number of hydrogen-bond acceptors (Lipinski definition) is 4. The van der Waals surface area contributed by atoms with Crippen LogP contribution in [0.5, 0.6) is 0 Å². The summed E-state index contributed by atoms with van der Waals surface area (Å²) >= 11 is 5.53. The highest BCUT2D eigenvalue weighted by molar-refractivity contribution is 6.29. The monoisotopic (exact) mass is 286 g/mol. The van der Waals surface area contributed by atoms with Gasteiger partial charge in [0, 0.05) is 12.7 Å². The topological polar surface area (TPSA) is 92.4 Å². The Balaban J connectivity index is 2.92. The van der Waals surface area contributed by atoms with Crippen LogP contribution in [0.4, 0.5) is 4.39 Å².